The molecule has 2 rings (SSSR count). The molecule has 0 aromatic heterocycles. The fourth-order valence-electron chi connectivity index (χ4n) is 2.17. The molecule has 7 heteroatoms. The number of ether oxygens (including phenoxy) is 1. The second-order valence-corrected chi connectivity index (χ2v) is 5.20. The lowest BCUT2D eigenvalue weighted by Crippen LogP contribution is -2.27. The maximum absolute atomic E-state index is 12.8. The highest BCUT2D eigenvalue weighted by molar-refractivity contribution is 5.97. The number of phenols is 1. The first kappa shape index (κ1) is 17.7. The van der Waals surface area contributed by atoms with Gasteiger partial charge in [-0.3, -0.25) is 4.79 Å². The number of hydrogen-bond acceptors (Lipinski definition) is 3. The SMILES string of the molecule is COc1ccc(C(=O)N[C@H](C)c2cccc(C(F)(F)F)c2)c(O)c1. The number of benzene rings is 2. The number of halogens is 3. The normalized spacial score (nSPS) is 12.5. The summed E-state index contributed by atoms with van der Waals surface area (Å²) in [4.78, 5) is 12.2. The molecule has 4 nitrogen and oxygen atoms in total. The Morgan fingerprint density at radius 1 is 1.21 bits per heavy atom. The molecule has 2 aromatic rings. The number of phenolic OH excluding ortho intramolecular Hbond substituents is 1. The lowest BCUT2D eigenvalue weighted by molar-refractivity contribution is -0.137. The van der Waals surface area contributed by atoms with E-state index in [9.17, 15) is 23.1 Å². The summed E-state index contributed by atoms with van der Waals surface area (Å²) in [6, 6.07) is 8.23. The van der Waals surface area contributed by atoms with Gasteiger partial charge in [-0.15, -0.1) is 0 Å². The summed E-state index contributed by atoms with van der Waals surface area (Å²) < 4.78 is 43.2. The topological polar surface area (TPSA) is 58.6 Å². The Balaban J connectivity index is 2.17. The summed E-state index contributed by atoms with van der Waals surface area (Å²) in [7, 11) is 1.42. The fraction of sp³-hybridized carbons (Fsp3) is 0.235. The highest BCUT2D eigenvalue weighted by Crippen LogP contribution is 2.31. The van der Waals surface area contributed by atoms with Crippen molar-refractivity contribution in [3.8, 4) is 11.5 Å². The summed E-state index contributed by atoms with van der Waals surface area (Å²) in [5.74, 6) is -0.488. The Morgan fingerprint density at radius 2 is 1.92 bits per heavy atom. The molecule has 0 radical (unpaired) electrons. The standard InChI is InChI=1S/C17H16F3NO3/c1-10(11-4-3-5-12(8-11)17(18,19)20)21-16(23)14-7-6-13(24-2)9-15(14)22/h3-10,22H,1-2H3,(H,21,23)/t10-/m1/s1. The number of methoxy groups -OCH3 is 1. The number of hydrogen-bond donors (Lipinski definition) is 2. The smallest absolute Gasteiger partial charge is 0.416 e. The quantitative estimate of drug-likeness (QED) is 0.888. The second kappa shape index (κ2) is 6.82. The van der Waals surface area contributed by atoms with Crippen molar-refractivity contribution in [1.29, 1.82) is 0 Å². The van der Waals surface area contributed by atoms with Crippen LogP contribution in [-0.4, -0.2) is 18.1 Å². The fourth-order valence-corrected chi connectivity index (χ4v) is 2.17. The number of aromatic hydroxyl groups is 1. The van der Waals surface area contributed by atoms with Gasteiger partial charge < -0.3 is 15.2 Å². The molecule has 2 N–H and O–H groups in total. The molecule has 0 bridgehead atoms. The molecule has 0 aliphatic heterocycles. The van der Waals surface area contributed by atoms with Crippen LogP contribution < -0.4 is 10.1 Å². The van der Waals surface area contributed by atoms with E-state index in [1.165, 1.54) is 37.4 Å². The first-order valence-electron chi connectivity index (χ1n) is 7.07. The molecule has 0 heterocycles. The zero-order valence-electron chi connectivity index (χ0n) is 13.0. The van der Waals surface area contributed by atoms with Gasteiger partial charge in [0.2, 0.25) is 0 Å². The minimum absolute atomic E-state index is 0.00891. The van der Waals surface area contributed by atoms with E-state index < -0.39 is 23.7 Å². The van der Waals surface area contributed by atoms with E-state index in [0.29, 0.717) is 11.3 Å². The summed E-state index contributed by atoms with van der Waals surface area (Å²) in [6.07, 6.45) is -4.45. The van der Waals surface area contributed by atoms with Crippen LogP contribution in [0.15, 0.2) is 42.5 Å². The maximum Gasteiger partial charge on any atom is 0.416 e. The average Bonchev–Trinajstić information content (AvgIpc) is 2.53. The molecule has 0 saturated heterocycles. The van der Waals surface area contributed by atoms with E-state index in [2.05, 4.69) is 5.32 Å². The Morgan fingerprint density at radius 3 is 2.50 bits per heavy atom. The third kappa shape index (κ3) is 3.98. The van der Waals surface area contributed by atoms with Crippen LogP contribution in [0.25, 0.3) is 0 Å². The summed E-state index contributed by atoms with van der Waals surface area (Å²) in [5.41, 5.74) is -0.464. The van der Waals surface area contributed by atoms with Crippen molar-refractivity contribution < 1.29 is 27.8 Å². The molecule has 128 valence electrons. The molecule has 0 unspecified atom stereocenters. The third-order valence-electron chi connectivity index (χ3n) is 3.51. The van der Waals surface area contributed by atoms with Crippen LogP contribution in [0.5, 0.6) is 11.5 Å². The zero-order chi connectivity index (χ0) is 17.9. The molecule has 0 saturated carbocycles. The third-order valence-corrected chi connectivity index (χ3v) is 3.51. The van der Waals surface area contributed by atoms with Crippen LogP contribution in [0.4, 0.5) is 13.2 Å². The number of amides is 1. The van der Waals surface area contributed by atoms with Gasteiger partial charge in [-0.2, -0.15) is 13.2 Å². The zero-order valence-corrected chi connectivity index (χ0v) is 13.0. The van der Waals surface area contributed by atoms with E-state index in [1.54, 1.807) is 6.92 Å². The Kier molecular flexibility index (Phi) is 5.02. The largest absolute Gasteiger partial charge is 0.507 e. The van der Waals surface area contributed by atoms with E-state index in [0.717, 1.165) is 12.1 Å². The van der Waals surface area contributed by atoms with Crippen LogP contribution in [-0.2, 0) is 6.18 Å². The molecular weight excluding hydrogens is 323 g/mol. The summed E-state index contributed by atoms with van der Waals surface area (Å²) in [5, 5.41) is 12.4. The molecule has 1 atom stereocenters. The lowest BCUT2D eigenvalue weighted by atomic mass is 10.0. The van der Waals surface area contributed by atoms with E-state index in [1.807, 2.05) is 0 Å². The first-order chi connectivity index (χ1) is 11.2. The molecule has 0 aliphatic rings. The van der Waals surface area contributed by atoms with Gasteiger partial charge in [0.05, 0.1) is 24.3 Å². The predicted octanol–water partition coefficient (Wildman–Crippen LogP) is 3.91. The number of rotatable bonds is 4. The second-order valence-electron chi connectivity index (χ2n) is 5.20. The van der Waals surface area contributed by atoms with E-state index in [4.69, 9.17) is 4.74 Å². The number of carbonyl (C=O) groups excluding carboxylic acids is 1. The van der Waals surface area contributed by atoms with Crippen LogP contribution in [0, 0.1) is 0 Å². The monoisotopic (exact) mass is 339 g/mol. The Bertz CT molecular complexity index is 744. The van der Waals surface area contributed by atoms with Gasteiger partial charge in [0, 0.05) is 6.07 Å². The number of nitrogens with one attached hydrogen (secondary N) is 1. The van der Waals surface area contributed by atoms with Gasteiger partial charge >= 0.3 is 6.18 Å². The predicted molar refractivity (Wildman–Crippen MR) is 82.0 cm³/mol. The van der Waals surface area contributed by atoms with Crippen molar-refractivity contribution >= 4 is 5.91 Å². The van der Waals surface area contributed by atoms with Crippen molar-refractivity contribution in [3.05, 3.63) is 59.2 Å². The van der Waals surface area contributed by atoms with Crippen molar-refractivity contribution in [2.24, 2.45) is 0 Å². The molecule has 24 heavy (non-hydrogen) atoms. The Labute approximate surface area is 136 Å². The van der Waals surface area contributed by atoms with Gasteiger partial charge in [-0.05, 0) is 36.8 Å². The summed E-state index contributed by atoms with van der Waals surface area (Å²) in [6.45, 7) is 1.56. The minimum Gasteiger partial charge on any atom is -0.507 e. The molecule has 1 amide bonds. The Hall–Kier alpha value is -2.70. The molecule has 0 fully saturated rings. The van der Waals surface area contributed by atoms with Crippen molar-refractivity contribution in [2.75, 3.05) is 7.11 Å². The molecular formula is C17H16F3NO3. The lowest BCUT2D eigenvalue weighted by Gasteiger charge is -2.17. The van der Waals surface area contributed by atoms with Crippen molar-refractivity contribution in [1.82, 2.24) is 5.32 Å². The molecule has 2 aromatic carbocycles. The van der Waals surface area contributed by atoms with Crippen LogP contribution in [0.3, 0.4) is 0 Å². The van der Waals surface area contributed by atoms with Crippen molar-refractivity contribution in [3.63, 3.8) is 0 Å². The van der Waals surface area contributed by atoms with Crippen LogP contribution in [0.1, 0.15) is 34.5 Å². The highest BCUT2D eigenvalue weighted by atomic mass is 19.4. The van der Waals surface area contributed by atoms with Crippen LogP contribution >= 0.6 is 0 Å². The van der Waals surface area contributed by atoms with Crippen LogP contribution in [0.2, 0.25) is 0 Å². The van der Waals surface area contributed by atoms with Crippen molar-refractivity contribution in [2.45, 2.75) is 19.1 Å². The highest BCUT2D eigenvalue weighted by Gasteiger charge is 2.30. The molecule has 0 aliphatic carbocycles. The van der Waals surface area contributed by atoms with Gasteiger partial charge in [-0.25, -0.2) is 0 Å². The average molecular weight is 339 g/mol. The number of alkyl halides is 3. The van der Waals surface area contributed by atoms with Gasteiger partial charge in [0.15, 0.2) is 0 Å². The van der Waals surface area contributed by atoms with Gasteiger partial charge in [0.25, 0.3) is 5.91 Å². The summed E-state index contributed by atoms with van der Waals surface area (Å²) >= 11 is 0. The maximum atomic E-state index is 12.8. The van der Waals surface area contributed by atoms with Gasteiger partial charge in [0.1, 0.15) is 11.5 Å². The number of carbonyl (C=O) groups is 1. The molecule has 0 spiro atoms. The minimum atomic E-state index is -4.45. The van der Waals surface area contributed by atoms with E-state index in [-0.39, 0.29) is 11.3 Å². The van der Waals surface area contributed by atoms with Gasteiger partial charge in [-0.1, -0.05) is 12.1 Å². The van der Waals surface area contributed by atoms with E-state index >= 15 is 0 Å². The first-order valence-corrected chi connectivity index (χ1v) is 7.07.